The molecule has 12 heavy (non-hydrogen) atoms. The zero-order valence-electron chi connectivity index (χ0n) is 6.32. The first-order valence-corrected chi connectivity index (χ1v) is 3.62. The van der Waals surface area contributed by atoms with E-state index in [4.69, 9.17) is 0 Å². The van der Waals surface area contributed by atoms with Crippen LogP contribution in [0.1, 0.15) is 5.56 Å². The van der Waals surface area contributed by atoms with Gasteiger partial charge in [-0.05, 0) is 11.6 Å². The third-order valence-electron chi connectivity index (χ3n) is 1.65. The van der Waals surface area contributed by atoms with Crippen molar-refractivity contribution in [2.24, 2.45) is 0 Å². The van der Waals surface area contributed by atoms with Gasteiger partial charge in [0, 0.05) is 12.6 Å². The maximum Gasteiger partial charge on any atom is 0.177 e. The number of pyridine rings is 1. The van der Waals surface area contributed by atoms with Gasteiger partial charge in [0.1, 0.15) is 6.29 Å². The predicted octanol–water partition coefficient (Wildman–Crippen LogP) is 0.699. The number of nitrogens with one attached hydrogen (secondary N) is 1. The summed E-state index contributed by atoms with van der Waals surface area (Å²) in [6.45, 7) is 0. The number of fused-ring (bicyclic) bond motifs is 1. The minimum absolute atomic E-state index is 0.405. The Bertz CT molecular complexity index is 407. The number of carbonyl (C=O) groups excluding carboxylic acids is 1. The molecule has 2 rings (SSSR count). The van der Waals surface area contributed by atoms with Gasteiger partial charge in [0.2, 0.25) is 0 Å². The lowest BCUT2D eigenvalue weighted by atomic mass is 10.2. The van der Waals surface area contributed by atoms with Gasteiger partial charge >= 0.3 is 0 Å². The van der Waals surface area contributed by atoms with Crippen molar-refractivity contribution in [2.75, 3.05) is 0 Å². The molecule has 0 fully saturated rings. The average Bonchev–Trinajstić information content (AvgIpc) is 2.51. The van der Waals surface area contributed by atoms with E-state index < -0.39 is 0 Å². The molecule has 60 valence electrons. The van der Waals surface area contributed by atoms with Gasteiger partial charge < -0.3 is 9.78 Å². The predicted molar refractivity (Wildman–Crippen MR) is 43.7 cm³/mol. The van der Waals surface area contributed by atoms with E-state index in [-0.39, 0.29) is 0 Å². The molecular formula is C8H7N3O. The van der Waals surface area contributed by atoms with Crippen LogP contribution < -0.4 is 0 Å². The van der Waals surface area contributed by atoms with E-state index in [2.05, 4.69) is 15.0 Å². The van der Waals surface area contributed by atoms with Crippen molar-refractivity contribution < 1.29 is 4.79 Å². The Labute approximate surface area is 68.7 Å². The van der Waals surface area contributed by atoms with Crippen molar-refractivity contribution in [3.8, 4) is 0 Å². The Morgan fingerprint density at radius 3 is 3.25 bits per heavy atom. The van der Waals surface area contributed by atoms with Crippen LogP contribution in [-0.2, 0) is 11.2 Å². The Hall–Kier alpha value is -1.71. The highest BCUT2D eigenvalue weighted by molar-refractivity contribution is 5.71. The highest BCUT2D eigenvalue weighted by Gasteiger charge is 1.98. The molecule has 0 saturated carbocycles. The number of aromatic nitrogens is 3. The Morgan fingerprint density at radius 2 is 2.42 bits per heavy atom. The molecule has 0 aliphatic rings. The summed E-state index contributed by atoms with van der Waals surface area (Å²) in [5, 5.41) is 0. The molecule has 0 saturated heterocycles. The third-order valence-corrected chi connectivity index (χ3v) is 1.65. The summed E-state index contributed by atoms with van der Waals surface area (Å²) < 4.78 is 0. The van der Waals surface area contributed by atoms with Crippen molar-refractivity contribution in [1.29, 1.82) is 0 Å². The minimum Gasteiger partial charge on any atom is -0.343 e. The van der Waals surface area contributed by atoms with Crippen molar-refractivity contribution in [2.45, 2.75) is 6.42 Å². The van der Waals surface area contributed by atoms with Gasteiger partial charge in [0.25, 0.3) is 0 Å². The van der Waals surface area contributed by atoms with Crippen molar-refractivity contribution >= 4 is 17.5 Å². The van der Waals surface area contributed by atoms with Gasteiger partial charge in [0.15, 0.2) is 5.65 Å². The molecule has 0 aliphatic carbocycles. The molecule has 0 bridgehead atoms. The summed E-state index contributed by atoms with van der Waals surface area (Å²) in [5.74, 6) is 0. The molecule has 0 aliphatic heterocycles. The summed E-state index contributed by atoms with van der Waals surface area (Å²) in [4.78, 5) is 21.1. The molecule has 1 N–H and O–H groups in total. The molecule has 2 aromatic rings. The topological polar surface area (TPSA) is 58.6 Å². The number of carbonyl (C=O) groups is 1. The lowest BCUT2D eigenvalue weighted by molar-refractivity contribution is -0.107. The third kappa shape index (κ3) is 1.07. The second-order valence-electron chi connectivity index (χ2n) is 2.49. The monoisotopic (exact) mass is 161 g/mol. The number of hydrogen-bond acceptors (Lipinski definition) is 3. The number of aromatic amines is 1. The summed E-state index contributed by atoms with van der Waals surface area (Å²) in [7, 11) is 0. The number of nitrogens with zero attached hydrogens (tertiary/aromatic N) is 2. The summed E-state index contributed by atoms with van der Waals surface area (Å²) in [6, 6.07) is 1.88. The van der Waals surface area contributed by atoms with Gasteiger partial charge in [-0.1, -0.05) is 0 Å². The van der Waals surface area contributed by atoms with Crippen molar-refractivity contribution in [3.05, 3.63) is 24.2 Å². The first kappa shape index (κ1) is 6.97. The fourth-order valence-electron chi connectivity index (χ4n) is 1.08. The number of hydrogen-bond donors (Lipinski definition) is 1. The molecule has 2 aromatic heterocycles. The number of H-pyrrole nitrogens is 1. The van der Waals surface area contributed by atoms with Crippen LogP contribution >= 0.6 is 0 Å². The zero-order valence-corrected chi connectivity index (χ0v) is 6.32. The lowest BCUT2D eigenvalue weighted by Crippen LogP contribution is -1.87. The van der Waals surface area contributed by atoms with Crippen LogP contribution in [0.25, 0.3) is 11.2 Å². The van der Waals surface area contributed by atoms with Crippen LogP contribution in [-0.4, -0.2) is 21.2 Å². The molecule has 0 radical (unpaired) electrons. The first-order chi connectivity index (χ1) is 5.90. The average molecular weight is 161 g/mol. The largest absolute Gasteiger partial charge is 0.343 e. The zero-order chi connectivity index (χ0) is 8.39. The van der Waals surface area contributed by atoms with Crippen LogP contribution in [0.15, 0.2) is 18.6 Å². The first-order valence-electron chi connectivity index (χ1n) is 3.62. The molecule has 0 amide bonds. The van der Waals surface area contributed by atoms with E-state index in [1.54, 1.807) is 12.5 Å². The van der Waals surface area contributed by atoms with E-state index in [1.165, 1.54) is 0 Å². The van der Waals surface area contributed by atoms with Crippen LogP contribution in [0.2, 0.25) is 0 Å². The van der Waals surface area contributed by atoms with E-state index in [0.29, 0.717) is 12.1 Å². The Kier molecular flexibility index (Phi) is 1.59. The van der Waals surface area contributed by atoms with Crippen molar-refractivity contribution in [1.82, 2.24) is 15.0 Å². The fourth-order valence-corrected chi connectivity index (χ4v) is 1.08. The maximum absolute atomic E-state index is 10.2. The highest BCUT2D eigenvalue weighted by Crippen LogP contribution is 2.07. The van der Waals surface area contributed by atoms with Gasteiger partial charge in [-0.15, -0.1) is 0 Å². The minimum atomic E-state index is 0.405. The second kappa shape index (κ2) is 2.73. The Morgan fingerprint density at radius 1 is 1.50 bits per heavy atom. The summed E-state index contributed by atoms with van der Waals surface area (Å²) in [5.41, 5.74) is 2.46. The van der Waals surface area contributed by atoms with E-state index >= 15 is 0 Å². The molecule has 4 heteroatoms. The smallest absolute Gasteiger partial charge is 0.177 e. The number of rotatable bonds is 2. The highest BCUT2D eigenvalue weighted by atomic mass is 16.1. The number of aldehydes is 1. The normalized spacial score (nSPS) is 10.3. The maximum atomic E-state index is 10.2. The summed E-state index contributed by atoms with van der Waals surface area (Å²) in [6.07, 6.45) is 4.51. The quantitative estimate of drug-likeness (QED) is 0.659. The van der Waals surface area contributed by atoms with Gasteiger partial charge in [-0.3, -0.25) is 0 Å². The van der Waals surface area contributed by atoms with E-state index in [0.717, 1.165) is 17.4 Å². The molecule has 2 heterocycles. The van der Waals surface area contributed by atoms with E-state index in [9.17, 15) is 4.79 Å². The molecular weight excluding hydrogens is 154 g/mol. The molecule has 0 atom stereocenters. The fraction of sp³-hybridized carbons (Fsp3) is 0.125. The van der Waals surface area contributed by atoms with Gasteiger partial charge in [-0.25, -0.2) is 9.97 Å². The number of imidazole rings is 1. The molecule has 0 spiro atoms. The standard InChI is InChI=1S/C8H7N3O/c12-2-1-6-3-7-8(9-4-6)11-5-10-7/h2-5H,1H2,(H,9,10,11). The second-order valence-corrected chi connectivity index (χ2v) is 2.49. The van der Waals surface area contributed by atoms with Crippen molar-refractivity contribution in [3.63, 3.8) is 0 Å². The Balaban J connectivity index is 2.52. The molecule has 0 aromatic carbocycles. The molecule has 0 unspecified atom stereocenters. The van der Waals surface area contributed by atoms with Crippen LogP contribution in [0.4, 0.5) is 0 Å². The van der Waals surface area contributed by atoms with Gasteiger partial charge in [-0.2, -0.15) is 0 Å². The van der Waals surface area contributed by atoms with Crippen LogP contribution in [0.5, 0.6) is 0 Å². The van der Waals surface area contributed by atoms with Crippen LogP contribution in [0.3, 0.4) is 0 Å². The summed E-state index contributed by atoms with van der Waals surface area (Å²) >= 11 is 0. The van der Waals surface area contributed by atoms with E-state index in [1.807, 2.05) is 6.07 Å². The van der Waals surface area contributed by atoms with Crippen LogP contribution in [0, 0.1) is 0 Å². The molecule has 4 nitrogen and oxygen atoms in total. The SMILES string of the molecule is O=CCc1cnc2nc[nH]c2c1. The van der Waals surface area contributed by atoms with Gasteiger partial charge in [0.05, 0.1) is 11.8 Å². The lowest BCUT2D eigenvalue weighted by Gasteiger charge is -1.92.